The van der Waals surface area contributed by atoms with E-state index in [1.807, 2.05) is 6.07 Å². The van der Waals surface area contributed by atoms with Crippen molar-refractivity contribution in [3.63, 3.8) is 0 Å². The van der Waals surface area contributed by atoms with Gasteiger partial charge in [-0.05, 0) is 48.4 Å². The van der Waals surface area contributed by atoms with Crippen LogP contribution in [0.4, 0.5) is 10.1 Å². The molecule has 1 amide bonds. The fourth-order valence-electron chi connectivity index (χ4n) is 1.83. The Morgan fingerprint density at radius 1 is 1.15 bits per heavy atom. The van der Waals surface area contributed by atoms with Gasteiger partial charge in [0.15, 0.2) is 0 Å². The summed E-state index contributed by atoms with van der Waals surface area (Å²) in [6.07, 6.45) is 1.90. The van der Waals surface area contributed by atoms with E-state index in [2.05, 4.69) is 5.32 Å². The number of aldehydes is 1. The molecule has 102 valence electrons. The summed E-state index contributed by atoms with van der Waals surface area (Å²) in [6, 6.07) is 12.7. The largest absolute Gasteiger partial charge is 0.322 e. The highest BCUT2D eigenvalue weighted by Crippen LogP contribution is 2.12. The maximum atomic E-state index is 12.8. The quantitative estimate of drug-likeness (QED) is 0.849. The van der Waals surface area contributed by atoms with E-state index in [4.69, 9.17) is 0 Å². The lowest BCUT2D eigenvalue weighted by atomic mass is 10.1. The third-order valence-electron chi connectivity index (χ3n) is 2.84. The molecule has 0 aliphatic rings. The predicted octanol–water partition coefficient (Wildman–Crippen LogP) is 3.21. The number of carbonyl (C=O) groups is 2. The fourth-order valence-corrected chi connectivity index (χ4v) is 1.83. The molecule has 0 atom stereocenters. The summed E-state index contributed by atoms with van der Waals surface area (Å²) in [5.74, 6) is -0.608. The van der Waals surface area contributed by atoms with Crippen LogP contribution in [0, 0.1) is 5.82 Å². The molecule has 1 N–H and O–H groups in total. The topological polar surface area (TPSA) is 46.2 Å². The van der Waals surface area contributed by atoms with Gasteiger partial charge in [0.2, 0.25) is 0 Å². The predicted molar refractivity (Wildman–Crippen MR) is 75.2 cm³/mol. The molecule has 2 rings (SSSR count). The van der Waals surface area contributed by atoms with Crippen LogP contribution >= 0.6 is 0 Å². The fraction of sp³-hybridized carbons (Fsp3) is 0.125. The molecule has 2 aromatic rings. The molecule has 0 bridgehead atoms. The van der Waals surface area contributed by atoms with Gasteiger partial charge >= 0.3 is 0 Å². The van der Waals surface area contributed by atoms with Gasteiger partial charge in [-0.3, -0.25) is 4.79 Å². The summed E-state index contributed by atoms with van der Waals surface area (Å²) in [5.41, 5.74) is 1.98. The van der Waals surface area contributed by atoms with E-state index in [-0.39, 0.29) is 11.7 Å². The Hall–Kier alpha value is -2.49. The van der Waals surface area contributed by atoms with E-state index in [1.165, 1.54) is 24.3 Å². The number of hydrogen-bond donors (Lipinski definition) is 1. The molecule has 2 aromatic carbocycles. The number of nitrogens with one attached hydrogen (secondary N) is 1. The van der Waals surface area contributed by atoms with Crippen LogP contribution in [0.3, 0.4) is 0 Å². The number of anilines is 1. The molecule has 3 nitrogen and oxygen atoms in total. The minimum atomic E-state index is -0.348. The smallest absolute Gasteiger partial charge is 0.255 e. The maximum absolute atomic E-state index is 12.8. The number of halogens is 1. The Kier molecular flexibility index (Phi) is 4.60. The molecule has 0 spiro atoms. The van der Waals surface area contributed by atoms with Crippen molar-refractivity contribution in [3.05, 3.63) is 65.5 Å². The van der Waals surface area contributed by atoms with Crippen LogP contribution in [0.15, 0.2) is 48.5 Å². The van der Waals surface area contributed by atoms with E-state index >= 15 is 0 Å². The zero-order chi connectivity index (χ0) is 14.4. The second kappa shape index (κ2) is 6.61. The minimum absolute atomic E-state index is 0.260. The highest BCUT2D eigenvalue weighted by Gasteiger charge is 2.06. The van der Waals surface area contributed by atoms with Gasteiger partial charge in [-0.15, -0.1) is 0 Å². The van der Waals surface area contributed by atoms with E-state index in [0.29, 0.717) is 24.1 Å². The molecule has 0 aliphatic carbocycles. The molecular formula is C16H14FNO2. The Balaban J connectivity index is 2.08. The second-order valence-corrected chi connectivity index (χ2v) is 4.37. The SMILES string of the molecule is O=CCCc1cccc(C(=O)Nc2ccc(F)cc2)c1. The normalized spacial score (nSPS) is 10.1. The van der Waals surface area contributed by atoms with Crippen LogP contribution in [0.5, 0.6) is 0 Å². The zero-order valence-corrected chi connectivity index (χ0v) is 10.8. The highest BCUT2D eigenvalue weighted by atomic mass is 19.1. The van der Waals surface area contributed by atoms with E-state index in [0.717, 1.165) is 11.8 Å². The van der Waals surface area contributed by atoms with E-state index in [1.54, 1.807) is 18.2 Å². The summed E-state index contributed by atoms with van der Waals surface area (Å²) in [4.78, 5) is 22.4. The first kappa shape index (κ1) is 13.9. The monoisotopic (exact) mass is 271 g/mol. The van der Waals surface area contributed by atoms with Gasteiger partial charge in [0.1, 0.15) is 12.1 Å². The van der Waals surface area contributed by atoms with Gasteiger partial charge in [-0.25, -0.2) is 4.39 Å². The average molecular weight is 271 g/mol. The molecule has 0 radical (unpaired) electrons. The number of benzene rings is 2. The first-order valence-corrected chi connectivity index (χ1v) is 6.28. The van der Waals surface area contributed by atoms with Gasteiger partial charge in [0.25, 0.3) is 5.91 Å². The Labute approximate surface area is 116 Å². The van der Waals surface area contributed by atoms with Gasteiger partial charge in [-0.2, -0.15) is 0 Å². The summed E-state index contributed by atoms with van der Waals surface area (Å²) in [6.45, 7) is 0. The van der Waals surface area contributed by atoms with Crippen LogP contribution in [0.1, 0.15) is 22.3 Å². The molecule has 0 saturated carbocycles. The minimum Gasteiger partial charge on any atom is -0.322 e. The molecule has 20 heavy (non-hydrogen) atoms. The lowest BCUT2D eigenvalue weighted by Gasteiger charge is -2.06. The molecular weight excluding hydrogens is 257 g/mol. The van der Waals surface area contributed by atoms with Crippen LogP contribution in [-0.2, 0) is 11.2 Å². The molecule has 0 heterocycles. The Morgan fingerprint density at radius 3 is 2.60 bits per heavy atom. The van der Waals surface area contributed by atoms with Crippen LogP contribution in [0.2, 0.25) is 0 Å². The van der Waals surface area contributed by atoms with Gasteiger partial charge < -0.3 is 10.1 Å². The maximum Gasteiger partial charge on any atom is 0.255 e. The van der Waals surface area contributed by atoms with Crippen LogP contribution < -0.4 is 5.32 Å². The number of amides is 1. The van der Waals surface area contributed by atoms with Crippen molar-refractivity contribution >= 4 is 17.9 Å². The third-order valence-corrected chi connectivity index (χ3v) is 2.84. The lowest BCUT2D eigenvalue weighted by molar-refractivity contribution is -0.107. The van der Waals surface area contributed by atoms with Gasteiger partial charge in [0.05, 0.1) is 0 Å². The van der Waals surface area contributed by atoms with E-state index < -0.39 is 0 Å². The first-order valence-electron chi connectivity index (χ1n) is 6.28. The molecule has 0 unspecified atom stereocenters. The third kappa shape index (κ3) is 3.75. The van der Waals surface area contributed by atoms with Crippen molar-refractivity contribution in [1.29, 1.82) is 0 Å². The van der Waals surface area contributed by atoms with Crippen LogP contribution in [0.25, 0.3) is 0 Å². The Morgan fingerprint density at radius 2 is 1.90 bits per heavy atom. The van der Waals surface area contributed by atoms with Gasteiger partial charge in [0, 0.05) is 17.7 Å². The molecule has 0 saturated heterocycles. The van der Waals surface area contributed by atoms with E-state index in [9.17, 15) is 14.0 Å². The van der Waals surface area contributed by atoms with Crippen molar-refractivity contribution in [2.45, 2.75) is 12.8 Å². The highest BCUT2D eigenvalue weighted by molar-refractivity contribution is 6.04. The molecule has 4 heteroatoms. The zero-order valence-electron chi connectivity index (χ0n) is 10.8. The van der Waals surface area contributed by atoms with Crippen molar-refractivity contribution in [2.75, 3.05) is 5.32 Å². The summed E-state index contributed by atoms with van der Waals surface area (Å²) in [7, 11) is 0. The molecule has 0 fully saturated rings. The first-order chi connectivity index (χ1) is 9.69. The lowest BCUT2D eigenvalue weighted by Crippen LogP contribution is -2.12. The summed E-state index contributed by atoms with van der Waals surface area (Å²) >= 11 is 0. The average Bonchev–Trinajstić information content (AvgIpc) is 2.48. The Bertz CT molecular complexity index is 608. The number of carbonyl (C=O) groups excluding carboxylic acids is 2. The van der Waals surface area contributed by atoms with Crippen LogP contribution in [-0.4, -0.2) is 12.2 Å². The number of hydrogen-bond acceptors (Lipinski definition) is 2. The van der Waals surface area contributed by atoms with Crippen molar-refractivity contribution < 1.29 is 14.0 Å². The summed E-state index contributed by atoms with van der Waals surface area (Å²) < 4.78 is 12.8. The second-order valence-electron chi connectivity index (χ2n) is 4.37. The van der Waals surface area contributed by atoms with Crippen molar-refractivity contribution in [2.24, 2.45) is 0 Å². The molecule has 0 aliphatic heterocycles. The number of rotatable bonds is 5. The van der Waals surface area contributed by atoms with Gasteiger partial charge in [-0.1, -0.05) is 12.1 Å². The number of aryl methyl sites for hydroxylation is 1. The van der Waals surface area contributed by atoms with Crippen molar-refractivity contribution in [1.82, 2.24) is 0 Å². The summed E-state index contributed by atoms with van der Waals surface area (Å²) in [5, 5.41) is 2.69. The molecule has 0 aromatic heterocycles. The van der Waals surface area contributed by atoms with Crippen molar-refractivity contribution in [3.8, 4) is 0 Å². The standard InChI is InChI=1S/C16H14FNO2/c17-14-6-8-15(9-7-14)18-16(20)13-5-1-3-12(11-13)4-2-10-19/h1,3,5-11H,2,4H2,(H,18,20).